The Morgan fingerprint density at radius 1 is 1.13 bits per heavy atom. The van der Waals surface area contributed by atoms with Crippen molar-refractivity contribution < 1.29 is 9.53 Å². The summed E-state index contributed by atoms with van der Waals surface area (Å²) in [6.45, 7) is 2.35. The number of methoxy groups -OCH3 is 1. The standard InChI is InChI=1S/C22H21N5O2S/c1-14(15-6-8-17(29-2)9-7-15)25-22-26-18-10-12-30-20(18)19(27-22)21(28)24-13-16-5-3-4-11-23-16/h3-12,14H,13H2,1-2H3,(H,24,28)(H,25,26,27). The van der Waals surface area contributed by atoms with Gasteiger partial charge in [-0.05, 0) is 48.2 Å². The molecule has 30 heavy (non-hydrogen) atoms. The number of benzene rings is 1. The summed E-state index contributed by atoms with van der Waals surface area (Å²) in [5.41, 5.74) is 2.94. The Kier molecular flexibility index (Phi) is 5.85. The first kappa shape index (κ1) is 19.8. The van der Waals surface area contributed by atoms with Crippen LogP contribution in [0.4, 0.5) is 5.95 Å². The van der Waals surface area contributed by atoms with Gasteiger partial charge in [-0.25, -0.2) is 9.97 Å². The Morgan fingerprint density at radius 2 is 1.97 bits per heavy atom. The molecule has 1 amide bonds. The molecule has 7 nitrogen and oxygen atoms in total. The number of nitrogens with zero attached hydrogens (tertiary/aromatic N) is 3. The van der Waals surface area contributed by atoms with Gasteiger partial charge in [0, 0.05) is 6.20 Å². The highest BCUT2D eigenvalue weighted by Crippen LogP contribution is 2.26. The first-order chi connectivity index (χ1) is 14.6. The molecule has 0 saturated carbocycles. The molecular formula is C22H21N5O2S. The van der Waals surface area contributed by atoms with E-state index < -0.39 is 0 Å². The van der Waals surface area contributed by atoms with Gasteiger partial charge in [0.1, 0.15) is 5.75 Å². The van der Waals surface area contributed by atoms with Crippen molar-refractivity contribution in [3.63, 3.8) is 0 Å². The number of fused-ring (bicyclic) bond motifs is 1. The molecular weight excluding hydrogens is 398 g/mol. The van der Waals surface area contributed by atoms with Gasteiger partial charge in [-0.2, -0.15) is 0 Å². The van der Waals surface area contributed by atoms with Crippen molar-refractivity contribution in [2.75, 3.05) is 12.4 Å². The van der Waals surface area contributed by atoms with Crippen LogP contribution in [0.5, 0.6) is 5.75 Å². The molecule has 4 rings (SSSR count). The molecule has 0 radical (unpaired) electrons. The number of rotatable bonds is 7. The number of carbonyl (C=O) groups is 1. The van der Waals surface area contributed by atoms with Gasteiger partial charge in [0.25, 0.3) is 5.91 Å². The number of aromatic nitrogens is 3. The van der Waals surface area contributed by atoms with Crippen molar-refractivity contribution in [1.29, 1.82) is 0 Å². The van der Waals surface area contributed by atoms with Crippen LogP contribution >= 0.6 is 11.3 Å². The predicted molar refractivity (Wildman–Crippen MR) is 118 cm³/mol. The molecule has 2 N–H and O–H groups in total. The lowest BCUT2D eigenvalue weighted by Gasteiger charge is -2.15. The average molecular weight is 420 g/mol. The Balaban J connectivity index is 1.55. The second-order valence-electron chi connectivity index (χ2n) is 6.67. The summed E-state index contributed by atoms with van der Waals surface area (Å²) >= 11 is 1.45. The number of amides is 1. The molecule has 1 atom stereocenters. The molecule has 3 heterocycles. The Bertz CT molecular complexity index is 1150. The fourth-order valence-corrected chi connectivity index (χ4v) is 3.83. The number of hydrogen-bond donors (Lipinski definition) is 2. The SMILES string of the molecule is COc1ccc(C(C)Nc2nc(C(=O)NCc3ccccn3)c3sccc3n2)cc1. The lowest BCUT2D eigenvalue weighted by atomic mass is 10.1. The number of thiophene rings is 1. The molecule has 0 aliphatic heterocycles. The van der Waals surface area contributed by atoms with Gasteiger partial charge < -0.3 is 15.4 Å². The zero-order chi connectivity index (χ0) is 20.9. The van der Waals surface area contributed by atoms with Gasteiger partial charge in [-0.15, -0.1) is 11.3 Å². The maximum atomic E-state index is 12.8. The highest BCUT2D eigenvalue weighted by atomic mass is 32.1. The second kappa shape index (κ2) is 8.87. The zero-order valence-electron chi connectivity index (χ0n) is 16.6. The smallest absolute Gasteiger partial charge is 0.271 e. The van der Waals surface area contributed by atoms with Crippen molar-refractivity contribution in [2.45, 2.75) is 19.5 Å². The molecule has 0 aliphatic rings. The minimum absolute atomic E-state index is 0.0450. The van der Waals surface area contributed by atoms with Crippen molar-refractivity contribution in [3.8, 4) is 5.75 Å². The van der Waals surface area contributed by atoms with Crippen LogP contribution in [0.3, 0.4) is 0 Å². The number of carbonyl (C=O) groups excluding carboxylic acids is 1. The number of pyridine rings is 1. The van der Waals surface area contributed by atoms with Crippen LogP contribution in [-0.4, -0.2) is 28.0 Å². The van der Waals surface area contributed by atoms with E-state index in [4.69, 9.17) is 4.74 Å². The summed E-state index contributed by atoms with van der Waals surface area (Å²) in [5, 5.41) is 8.10. The first-order valence-corrected chi connectivity index (χ1v) is 10.4. The normalized spacial score (nSPS) is 11.8. The molecule has 0 aliphatic carbocycles. The van der Waals surface area contributed by atoms with Crippen molar-refractivity contribution in [1.82, 2.24) is 20.3 Å². The maximum absolute atomic E-state index is 12.8. The minimum Gasteiger partial charge on any atom is -0.497 e. The summed E-state index contributed by atoms with van der Waals surface area (Å²) in [6.07, 6.45) is 1.70. The maximum Gasteiger partial charge on any atom is 0.271 e. The quantitative estimate of drug-likeness (QED) is 0.467. The molecule has 0 saturated heterocycles. The van der Waals surface area contributed by atoms with Crippen LogP contribution < -0.4 is 15.4 Å². The molecule has 152 valence electrons. The summed E-state index contributed by atoms with van der Waals surface area (Å²) in [4.78, 5) is 26.2. The van der Waals surface area contributed by atoms with E-state index in [1.165, 1.54) is 11.3 Å². The van der Waals surface area contributed by atoms with Gasteiger partial charge in [0.15, 0.2) is 5.69 Å². The summed E-state index contributed by atoms with van der Waals surface area (Å²) in [7, 11) is 1.64. The molecule has 8 heteroatoms. The summed E-state index contributed by atoms with van der Waals surface area (Å²) < 4.78 is 5.97. The van der Waals surface area contributed by atoms with Crippen LogP contribution in [0.15, 0.2) is 60.1 Å². The van der Waals surface area contributed by atoms with Crippen LogP contribution in [0.25, 0.3) is 10.2 Å². The monoisotopic (exact) mass is 419 g/mol. The lowest BCUT2D eigenvalue weighted by molar-refractivity contribution is 0.0947. The van der Waals surface area contributed by atoms with Crippen molar-refractivity contribution >= 4 is 33.4 Å². The third-order valence-electron chi connectivity index (χ3n) is 4.64. The highest BCUT2D eigenvalue weighted by Gasteiger charge is 2.17. The second-order valence-corrected chi connectivity index (χ2v) is 7.59. The highest BCUT2D eigenvalue weighted by molar-refractivity contribution is 7.17. The number of ether oxygens (including phenoxy) is 1. The van der Waals surface area contributed by atoms with Gasteiger partial charge in [-0.3, -0.25) is 9.78 Å². The molecule has 1 aromatic carbocycles. The lowest BCUT2D eigenvalue weighted by Crippen LogP contribution is -2.25. The van der Waals surface area contributed by atoms with Gasteiger partial charge in [0.2, 0.25) is 5.95 Å². The average Bonchev–Trinajstić information content (AvgIpc) is 3.26. The summed E-state index contributed by atoms with van der Waals surface area (Å²) in [6, 6.07) is 15.2. The molecule has 1 unspecified atom stereocenters. The molecule has 0 spiro atoms. The third-order valence-corrected chi connectivity index (χ3v) is 5.55. The Labute approximate surface area is 178 Å². The molecule has 3 aromatic heterocycles. The Morgan fingerprint density at radius 3 is 2.70 bits per heavy atom. The van der Waals surface area contributed by atoms with Crippen LogP contribution in [-0.2, 0) is 6.54 Å². The van der Waals surface area contributed by atoms with E-state index in [1.807, 2.05) is 60.8 Å². The fourth-order valence-electron chi connectivity index (χ4n) is 3.01. The number of hydrogen-bond acceptors (Lipinski definition) is 7. The largest absolute Gasteiger partial charge is 0.497 e. The van der Waals surface area contributed by atoms with E-state index in [0.717, 1.165) is 27.2 Å². The van der Waals surface area contributed by atoms with Gasteiger partial charge >= 0.3 is 0 Å². The van der Waals surface area contributed by atoms with Crippen LogP contribution in [0, 0.1) is 0 Å². The predicted octanol–water partition coefficient (Wildman–Crippen LogP) is 4.20. The zero-order valence-corrected chi connectivity index (χ0v) is 17.4. The Hall–Kier alpha value is -3.52. The molecule has 0 fully saturated rings. The molecule has 0 bridgehead atoms. The van der Waals surface area contributed by atoms with E-state index in [9.17, 15) is 4.79 Å². The molecule has 4 aromatic rings. The van der Waals surface area contributed by atoms with Crippen LogP contribution in [0.1, 0.15) is 34.7 Å². The topological polar surface area (TPSA) is 89.0 Å². The van der Waals surface area contributed by atoms with Crippen molar-refractivity contribution in [2.24, 2.45) is 0 Å². The van der Waals surface area contributed by atoms with E-state index in [-0.39, 0.29) is 11.9 Å². The fraction of sp³-hybridized carbons (Fsp3) is 0.182. The summed E-state index contributed by atoms with van der Waals surface area (Å²) in [5.74, 6) is 0.955. The van der Waals surface area contributed by atoms with E-state index >= 15 is 0 Å². The number of nitrogens with one attached hydrogen (secondary N) is 2. The van der Waals surface area contributed by atoms with E-state index in [1.54, 1.807) is 13.3 Å². The van der Waals surface area contributed by atoms with Crippen molar-refractivity contribution in [3.05, 3.63) is 77.1 Å². The van der Waals surface area contributed by atoms with Gasteiger partial charge in [0.05, 0.1) is 35.6 Å². The van der Waals surface area contributed by atoms with Crippen LogP contribution in [0.2, 0.25) is 0 Å². The first-order valence-electron chi connectivity index (χ1n) is 9.48. The number of anilines is 1. The third kappa shape index (κ3) is 4.38. The minimum atomic E-state index is -0.254. The van der Waals surface area contributed by atoms with E-state index in [2.05, 4.69) is 25.6 Å². The van der Waals surface area contributed by atoms with Gasteiger partial charge in [-0.1, -0.05) is 18.2 Å². The van der Waals surface area contributed by atoms with E-state index in [0.29, 0.717) is 18.2 Å².